The Morgan fingerprint density at radius 1 is 1.33 bits per heavy atom. The van der Waals surface area contributed by atoms with Crippen LogP contribution in [0.25, 0.3) is 0 Å². The summed E-state index contributed by atoms with van der Waals surface area (Å²) in [5.41, 5.74) is 2.91. The van der Waals surface area contributed by atoms with Crippen molar-refractivity contribution in [3.05, 3.63) is 54.1 Å². The van der Waals surface area contributed by atoms with Crippen LogP contribution in [-0.2, 0) is 0 Å². The standard InChI is InChI=1S/C12H11FN2/c13-7-3-5-11-9-14-8-10-4-1-2-6-12(10)15-11/h1-4,6-9,15H,5H2. The van der Waals surface area contributed by atoms with Crippen molar-refractivity contribution in [1.82, 2.24) is 0 Å². The minimum atomic E-state index is 0.516. The van der Waals surface area contributed by atoms with Gasteiger partial charge in [-0.25, -0.2) is 4.39 Å². The number of halogens is 1. The maximum atomic E-state index is 11.9. The highest BCUT2D eigenvalue weighted by molar-refractivity contribution is 5.89. The Labute approximate surface area is 87.8 Å². The van der Waals surface area contributed by atoms with Crippen LogP contribution in [0, 0.1) is 0 Å². The lowest BCUT2D eigenvalue weighted by Crippen LogP contribution is -1.99. The van der Waals surface area contributed by atoms with Crippen LogP contribution in [0.3, 0.4) is 0 Å². The van der Waals surface area contributed by atoms with E-state index in [1.165, 1.54) is 6.08 Å². The molecule has 0 aliphatic carbocycles. The summed E-state index contributed by atoms with van der Waals surface area (Å²) in [4.78, 5) is 4.14. The largest absolute Gasteiger partial charge is 0.357 e. The van der Waals surface area contributed by atoms with E-state index in [9.17, 15) is 4.39 Å². The van der Waals surface area contributed by atoms with Gasteiger partial charge < -0.3 is 5.32 Å². The molecule has 1 aromatic rings. The summed E-state index contributed by atoms with van der Waals surface area (Å²) in [7, 11) is 0. The molecule has 0 saturated carbocycles. The Balaban J connectivity index is 2.23. The zero-order chi connectivity index (χ0) is 10.5. The van der Waals surface area contributed by atoms with E-state index < -0.39 is 0 Å². The van der Waals surface area contributed by atoms with E-state index in [0.29, 0.717) is 12.8 Å². The SMILES string of the molecule is FC=CCC1=CN=Cc2ccccc2N1. The van der Waals surface area contributed by atoms with E-state index in [2.05, 4.69) is 10.3 Å². The van der Waals surface area contributed by atoms with E-state index >= 15 is 0 Å². The van der Waals surface area contributed by atoms with E-state index in [0.717, 1.165) is 16.9 Å². The molecule has 0 radical (unpaired) electrons. The minimum Gasteiger partial charge on any atom is -0.357 e. The van der Waals surface area contributed by atoms with Gasteiger partial charge in [0.15, 0.2) is 0 Å². The molecule has 0 fully saturated rings. The summed E-state index contributed by atoms with van der Waals surface area (Å²) in [6.45, 7) is 0. The van der Waals surface area contributed by atoms with Crippen LogP contribution in [-0.4, -0.2) is 6.21 Å². The summed E-state index contributed by atoms with van der Waals surface area (Å²) in [5.74, 6) is 0. The lowest BCUT2D eigenvalue weighted by Gasteiger charge is -2.08. The highest BCUT2D eigenvalue weighted by Gasteiger charge is 2.03. The quantitative estimate of drug-likeness (QED) is 0.782. The summed E-state index contributed by atoms with van der Waals surface area (Å²) < 4.78 is 11.9. The number of hydrogen-bond acceptors (Lipinski definition) is 2. The molecular formula is C12H11FN2. The Morgan fingerprint density at radius 3 is 3.07 bits per heavy atom. The molecule has 0 spiro atoms. The van der Waals surface area contributed by atoms with Crippen molar-refractivity contribution in [3.63, 3.8) is 0 Å². The average molecular weight is 202 g/mol. The molecule has 0 bridgehead atoms. The van der Waals surface area contributed by atoms with E-state index in [-0.39, 0.29) is 0 Å². The maximum Gasteiger partial charge on any atom is 0.0830 e. The maximum absolute atomic E-state index is 11.9. The fourth-order valence-electron chi connectivity index (χ4n) is 1.41. The van der Waals surface area contributed by atoms with Crippen molar-refractivity contribution in [3.8, 4) is 0 Å². The van der Waals surface area contributed by atoms with Crippen LogP contribution in [0.5, 0.6) is 0 Å². The second-order valence-electron chi connectivity index (χ2n) is 3.21. The van der Waals surface area contributed by atoms with Crippen LogP contribution in [0.4, 0.5) is 10.1 Å². The highest BCUT2D eigenvalue weighted by atomic mass is 19.1. The van der Waals surface area contributed by atoms with Crippen LogP contribution in [0.1, 0.15) is 12.0 Å². The number of aliphatic imine (C=N–C) groups is 1. The van der Waals surface area contributed by atoms with Gasteiger partial charge in [0.1, 0.15) is 0 Å². The van der Waals surface area contributed by atoms with Crippen molar-refractivity contribution in [2.75, 3.05) is 5.32 Å². The molecule has 2 nitrogen and oxygen atoms in total. The first-order valence-corrected chi connectivity index (χ1v) is 4.73. The predicted molar refractivity (Wildman–Crippen MR) is 60.6 cm³/mol. The number of rotatable bonds is 2. The summed E-state index contributed by atoms with van der Waals surface area (Å²) in [6, 6.07) is 7.86. The van der Waals surface area contributed by atoms with Crippen LogP contribution < -0.4 is 5.32 Å². The van der Waals surface area contributed by atoms with Gasteiger partial charge in [-0.3, -0.25) is 4.99 Å². The molecule has 1 aromatic carbocycles. The normalized spacial score (nSPS) is 14.3. The molecule has 2 rings (SSSR count). The lowest BCUT2D eigenvalue weighted by atomic mass is 10.2. The number of allylic oxidation sites excluding steroid dienone is 1. The van der Waals surface area contributed by atoms with Gasteiger partial charge in [-0.1, -0.05) is 24.3 Å². The molecule has 15 heavy (non-hydrogen) atoms. The first-order chi connectivity index (χ1) is 7.40. The molecule has 1 aliphatic heterocycles. The number of benzene rings is 1. The summed E-state index contributed by atoms with van der Waals surface area (Å²) >= 11 is 0. The minimum absolute atomic E-state index is 0.516. The average Bonchev–Trinajstić information content (AvgIpc) is 2.47. The van der Waals surface area contributed by atoms with Crippen LogP contribution in [0.15, 0.2) is 53.6 Å². The zero-order valence-electron chi connectivity index (χ0n) is 8.15. The van der Waals surface area contributed by atoms with Crippen LogP contribution in [0.2, 0.25) is 0 Å². The monoisotopic (exact) mass is 202 g/mol. The molecule has 3 heteroatoms. The smallest absolute Gasteiger partial charge is 0.0830 e. The van der Waals surface area contributed by atoms with Gasteiger partial charge in [0, 0.05) is 35.8 Å². The van der Waals surface area contributed by atoms with Gasteiger partial charge in [0.05, 0.1) is 6.33 Å². The number of nitrogens with one attached hydrogen (secondary N) is 1. The molecule has 1 N–H and O–H groups in total. The summed E-state index contributed by atoms with van der Waals surface area (Å²) in [5, 5.41) is 3.21. The van der Waals surface area contributed by atoms with Crippen molar-refractivity contribution >= 4 is 11.9 Å². The van der Waals surface area contributed by atoms with Crippen molar-refractivity contribution in [2.45, 2.75) is 6.42 Å². The fraction of sp³-hybridized carbons (Fsp3) is 0.0833. The molecular weight excluding hydrogens is 191 g/mol. The van der Waals surface area contributed by atoms with E-state index in [1.807, 2.05) is 24.3 Å². The Morgan fingerprint density at radius 2 is 2.20 bits per heavy atom. The zero-order valence-corrected chi connectivity index (χ0v) is 8.15. The van der Waals surface area contributed by atoms with Gasteiger partial charge >= 0.3 is 0 Å². The van der Waals surface area contributed by atoms with Gasteiger partial charge in [-0.05, 0) is 6.07 Å². The third kappa shape index (κ3) is 2.31. The topological polar surface area (TPSA) is 24.4 Å². The van der Waals surface area contributed by atoms with Gasteiger partial charge in [-0.15, -0.1) is 0 Å². The molecule has 0 amide bonds. The van der Waals surface area contributed by atoms with Gasteiger partial charge in [0.2, 0.25) is 0 Å². The predicted octanol–water partition coefficient (Wildman–Crippen LogP) is 3.25. The molecule has 76 valence electrons. The second-order valence-corrected chi connectivity index (χ2v) is 3.21. The Bertz CT molecular complexity index is 433. The van der Waals surface area contributed by atoms with Gasteiger partial charge in [0.25, 0.3) is 0 Å². The number of nitrogens with zero attached hydrogens (tertiary/aromatic N) is 1. The third-order valence-electron chi connectivity index (χ3n) is 2.13. The number of fused-ring (bicyclic) bond motifs is 1. The van der Waals surface area contributed by atoms with Crippen LogP contribution >= 0.6 is 0 Å². The van der Waals surface area contributed by atoms with Crippen molar-refractivity contribution in [1.29, 1.82) is 0 Å². The summed E-state index contributed by atoms with van der Waals surface area (Å²) in [6.07, 6.45) is 6.00. The Hall–Kier alpha value is -1.90. The fourth-order valence-corrected chi connectivity index (χ4v) is 1.41. The van der Waals surface area contributed by atoms with E-state index in [4.69, 9.17) is 0 Å². The molecule has 0 aromatic heterocycles. The molecule has 0 saturated heterocycles. The van der Waals surface area contributed by atoms with Crippen molar-refractivity contribution in [2.24, 2.45) is 4.99 Å². The first-order valence-electron chi connectivity index (χ1n) is 4.73. The second kappa shape index (κ2) is 4.55. The molecule has 0 unspecified atom stereocenters. The highest BCUT2D eigenvalue weighted by Crippen LogP contribution is 2.19. The molecule has 1 aliphatic rings. The van der Waals surface area contributed by atoms with Crippen molar-refractivity contribution < 1.29 is 4.39 Å². The number of hydrogen-bond donors (Lipinski definition) is 1. The first kappa shape index (κ1) is 9.65. The number of anilines is 1. The van der Waals surface area contributed by atoms with E-state index in [1.54, 1.807) is 12.4 Å². The Kier molecular flexibility index (Phi) is 2.93. The number of para-hydroxylation sites is 1. The molecule has 1 heterocycles. The third-order valence-corrected chi connectivity index (χ3v) is 2.13. The van der Waals surface area contributed by atoms with Gasteiger partial charge in [-0.2, -0.15) is 0 Å². The molecule has 0 atom stereocenters. The lowest BCUT2D eigenvalue weighted by molar-refractivity contribution is 0.716.